The van der Waals surface area contributed by atoms with Crippen LogP contribution < -0.4 is 21.1 Å². The van der Waals surface area contributed by atoms with E-state index in [1.165, 1.54) is 0 Å². The number of benzene rings is 3. The van der Waals surface area contributed by atoms with E-state index < -0.39 is 0 Å². The first kappa shape index (κ1) is 18.3. The van der Waals surface area contributed by atoms with E-state index >= 15 is 0 Å². The number of nitrogens with two attached hydrogens (primary N) is 1. The van der Waals surface area contributed by atoms with Crippen molar-refractivity contribution in [3.05, 3.63) is 83.4 Å². The number of ether oxygens (including phenoxy) is 1. The third-order valence-corrected chi connectivity index (χ3v) is 4.33. The van der Waals surface area contributed by atoms with E-state index in [0.717, 1.165) is 22.6 Å². The van der Waals surface area contributed by atoms with Crippen molar-refractivity contribution in [3.8, 4) is 5.75 Å². The molecule has 0 saturated heterocycles. The summed E-state index contributed by atoms with van der Waals surface area (Å²) in [5.41, 5.74) is 10.8. The lowest BCUT2D eigenvalue weighted by molar-refractivity contribution is 0.102. The van der Waals surface area contributed by atoms with Crippen molar-refractivity contribution in [2.75, 3.05) is 23.5 Å². The molecule has 3 rings (SSSR count). The number of hydrogen-bond acceptors (Lipinski definition) is 4. The number of hydrogen-bond donors (Lipinski definition) is 3. The number of nitrogen functional groups attached to an aromatic ring is 1. The van der Waals surface area contributed by atoms with Crippen LogP contribution in [0.2, 0.25) is 0 Å². The molecule has 3 aromatic rings. The van der Waals surface area contributed by atoms with E-state index in [4.69, 9.17) is 10.5 Å². The van der Waals surface area contributed by atoms with Crippen LogP contribution in [0.4, 0.5) is 17.1 Å². The van der Waals surface area contributed by atoms with Crippen molar-refractivity contribution in [1.82, 2.24) is 0 Å². The van der Waals surface area contributed by atoms with Gasteiger partial charge in [-0.2, -0.15) is 0 Å². The van der Waals surface area contributed by atoms with Gasteiger partial charge in [0.05, 0.1) is 18.5 Å². The molecular weight excluding hydrogens is 338 g/mol. The highest BCUT2D eigenvalue weighted by Crippen LogP contribution is 2.23. The third kappa shape index (κ3) is 4.58. The molecule has 5 heteroatoms. The van der Waals surface area contributed by atoms with Crippen molar-refractivity contribution in [2.45, 2.75) is 13.5 Å². The van der Waals surface area contributed by atoms with Crippen LogP contribution in [-0.4, -0.2) is 13.0 Å². The van der Waals surface area contributed by atoms with E-state index in [2.05, 4.69) is 10.6 Å². The Labute approximate surface area is 159 Å². The zero-order chi connectivity index (χ0) is 19.2. The maximum atomic E-state index is 12.4. The van der Waals surface area contributed by atoms with E-state index in [9.17, 15) is 4.79 Å². The van der Waals surface area contributed by atoms with Crippen molar-refractivity contribution in [1.29, 1.82) is 0 Å². The fourth-order valence-electron chi connectivity index (χ4n) is 2.71. The first-order valence-electron chi connectivity index (χ1n) is 8.70. The Morgan fingerprint density at radius 2 is 1.78 bits per heavy atom. The van der Waals surface area contributed by atoms with Gasteiger partial charge in [0.1, 0.15) is 5.75 Å². The fourth-order valence-corrected chi connectivity index (χ4v) is 2.71. The molecule has 5 nitrogen and oxygen atoms in total. The Bertz CT molecular complexity index is 937. The molecule has 0 aliphatic rings. The summed E-state index contributed by atoms with van der Waals surface area (Å²) >= 11 is 0. The lowest BCUT2D eigenvalue weighted by atomic mass is 10.1. The molecule has 0 unspecified atom stereocenters. The Balaban J connectivity index is 1.61. The van der Waals surface area contributed by atoms with Crippen molar-refractivity contribution in [2.24, 2.45) is 0 Å². The highest BCUT2D eigenvalue weighted by Gasteiger charge is 2.08. The molecule has 0 heterocycles. The fraction of sp³-hybridized carbons (Fsp3) is 0.136. The summed E-state index contributed by atoms with van der Waals surface area (Å²) in [5.74, 6) is 0.669. The van der Waals surface area contributed by atoms with E-state index in [1.807, 2.05) is 49.4 Å². The number of carbonyl (C=O) groups excluding carboxylic acids is 1. The minimum absolute atomic E-state index is 0.185. The summed E-state index contributed by atoms with van der Waals surface area (Å²) in [5, 5.41) is 6.19. The van der Waals surface area contributed by atoms with Gasteiger partial charge in [0.15, 0.2) is 0 Å². The SMILES string of the molecule is COc1cc(NCc2ccc(C(=O)Nc3ccccc3N)cc2)ccc1C. The van der Waals surface area contributed by atoms with Crippen LogP contribution in [0.3, 0.4) is 0 Å². The molecule has 0 aliphatic heterocycles. The third-order valence-electron chi connectivity index (χ3n) is 4.33. The molecule has 0 fully saturated rings. The molecule has 1 amide bonds. The summed E-state index contributed by atoms with van der Waals surface area (Å²) in [4.78, 5) is 12.4. The summed E-state index contributed by atoms with van der Waals surface area (Å²) < 4.78 is 5.34. The molecule has 0 saturated carbocycles. The molecule has 0 radical (unpaired) electrons. The van der Waals surface area contributed by atoms with Crippen LogP contribution in [0.25, 0.3) is 0 Å². The monoisotopic (exact) mass is 361 g/mol. The first-order valence-corrected chi connectivity index (χ1v) is 8.70. The number of carbonyl (C=O) groups is 1. The standard InChI is InChI=1S/C22H23N3O2/c1-15-7-12-18(13-21(15)27-2)24-14-16-8-10-17(11-9-16)22(26)25-20-6-4-3-5-19(20)23/h3-13,24H,14,23H2,1-2H3,(H,25,26). The second-order valence-corrected chi connectivity index (χ2v) is 6.28. The van der Waals surface area contributed by atoms with E-state index in [1.54, 1.807) is 31.4 Å². The van der Waals surface area contributed by atoms with E-state index in [0.29, 0.717) is 23.5 Å². The molecule has 0 bridgehead atoms. The van der Waals surface area contributed by atoms with Gasteiger partial charge < -0.3 is 21.1 Å². The van der Waals surface area contributed by atoms with E-state index in [-0.39, 0.29) is 5.91 Å². The quantitative estimate of drug-likeness (QED) is 0.567. The number of aryl methyl sites for hydroxylation is 1. The maximum Gasteiger partial charge on any atom is 0.255 e. The smallest absolute Gasteiger partial charge is 0.255 e. The van der Waals surface area contributed by atoms with Gasteiger partial charge in [-0.25, -0.2) is 0 Å². The number of anilines is 3. The van der Waals surface area contributed by atoms with Crippen molar-refractivity contribution >= 4 is 23.0 Å². The number of rotatable bonds is 6. The summed E-state index contributed by atoms with van der Waals surface area (Å²) in [7, 11) is 1.67. The molecule has 27 heavy (non-hydrogen) atoms. The van der Waals surface area contributed by atoms with Gasteiger partial charge in [0.25, 0.3) is 5.91 Å². The molecule has 0 aliphatic carbocycles. The Morgan fingerprint density at radius 3 is 2.48 bits per heavy atom. The predicted molar refractivity (Wildman–Crippen MR) is 110 cm³/mol. The molecular formula is C22H23N3O2. The van der Waals surface area contributed by atoms with Gasteiger partial charge in [-0.1, -0.05) is 30.3 Å². The predicted octanol–water partition coefficient (Wildman–Crippen LogP) is 4.45. The summed E-state index contributed by atoms with van der Waals surface area (Å²) in [6.45, 7) is 2.66. The average Bonchev–Trinajstić information content (AvgIpc) is 2.69. The molecule has 0 atom stereocenters. The first-order chi connectivity index (χ1) is 13.1. The lowest BCUT2D eigenvalue weighted by Gasteiger charge is -2.11. The minimum Gasteiger partial charge on any atom is -0.496 e. The van der Waals surface area contributed by atoms with Crippen LogP contribution in [0.15, 0.2) is 66.7 Å². The zero-order valence-electron chi connectivity index (χ0n) is 15.5. The highest BCUT2D eigenvalue weighted by molar-refractivity contribution is 6.05. The molecule has 138 valence electrons. The second kappa shape index (κ2) is 8.27. The van der Waals surface area contributed by atoms with Gasteiger partial charge in [-0.15, -0.1) is 0 Å². The molecule has 3 aromatic carbocycles. The minimum atomic E-state index is -0.185. The zero-order valence-corrected chi connectivity index (χ0v) is 15.5. The number of nitrogens with one attached hydrogen (secondary N) is 2. The van der Waals surface area contributed by atoms with Crippen LogP contribution in [0.1, 0.15) is 21.5 Å². The van der Waals surface area contributed by atoms with Gasteiger partial charge in [0, 0.05) is 23.9 Å². The van der Waals surface area contributed by atoms with Crippen molar-refractivity contribution < 1.29 is 9.53 Å². The normalized spacial score (nSPS) is 10.3. The van der Waals surface area contributed by atoms with Gasteiger partial charge >= 0.3 is 0 Å². The van der Waals surface area contributed by atoms with Crippen LogP contribution >= 0.6 is 0 Å². The number of amides is 1. The largest absolute Gasteiger partial charge is 0.496 e. The Hall–Kier alpha value is -3.47. The second-order valence-electron chi connectivity index (χ2n) is 6.28. The van der Waals surface area contributed by atoms with Gasteiger partial charge in [-0.3, -0.25) is 4.79 Å². The van der Waals surface area contributed by atoms with Crippen LogP contribution in [-0.2, 0) is 6.54 Å². The topological polar surface area (TPSA) is 76.4 Å². The Morgan fingerprint density at radius 1 is 1.04 bits per heavy atom. The molecule has 4 N–H and O–H groups in total. The van der Waals surface area contributed by atoms with Gasteiger partial charge in [0.2, 0.25) is 0 Å². The summed E-state index contributed by atoms with van der Waals surface area (Å²) in [6, 6.07) is 20.7. The average molecular weight is 361 g/mol. The van der Waals surface area contributed by atoms with Crippen LogP contribution in [0.5, 0.6) is 5.75 Å². The Kier molecular flexibility index (Phi) is 5.61. The maximum absolute atomic E-state index is 12.4. The number of methoxy groups -OCH3 is 1. The molecule has 0 spiro atoms. The van der Waals surface area contributed by atoms with Crippen LogP contribution in [0, 0.1) is 6.92 Å². The summed E-state index contributed by atoms with van der Waals surface area (Å²) in [6.07, 6.45) is 0. The van der Waals surface area contributed by atoms with Gasteiger partial charge in [-0.05, 0) is 48.4 Å². The molecule has 0 aromatic heterocycles. The lowest BCUT2D eigenvalue weighted by Crippen LogP contribution is -2.13. The highest BCUT2D eigenvalue weighted by atomic mass is 16.5. The number of para-hydroxylation sites is 2. The van der Waals surface area contributed by atoms with Crippen molar-refractivity contribution in [3.63, 3.8) is 0 Å².